The summed E-state index contributed by atoms with van der Waals surface area (Å²) in [5, 5.41) is 2.64. The molecule has 0 atom stereocenters. The van der Waals surface area contributed by atoms with Crippen molar-refractivity contribution in [1.82, 2.24) is 5.32 Å². The summed E-state index contributed by atoms with van der Waals surface area (Å²) < 4.78 is 37.6. The Labute approximate surface area is 118 Å². The molecule has 21 heavy (non-hydrogen) atoms. The van der Waals surface area contributed by atoms with Gasteiger partial charge in [0, 0.05) is 6.54 Å². The van der Waals surface area contributed by atoms with Crippen LogP contribution in [0.1, 0.15) is 24.8 Å². The van der Waals surface area contributed by atoms with Crippen LogP contribution >= 0.6 is 0 Å². The molecule has 3 amide bonds. The summed E-state index contributed by atoms with van der Waals surface area (Å²) in [6, 6.07) is 3.46. The van der Waals surface area contributed by atoms with Crippen molar-refractivity contribution in [1.29, 1.82) is 0 Å². The first kappa shape index (κ1) is 13.9. The number of amides is 3. The maximum absolute atomic E-state index is 12.5. The summed E-state index contributed by atoms with van der Waals surface area (Å²) in [6.45, 7) is 0.307. The second-order valence-corrected chi connectivity index (χ2v) is 5.48. The molecule has 1 aromatic carbocycles. The lowest BCUT2D eigenvalue weighted by molar-refractivity contribution is -0.137. The fourth-order valence-corrected chi connectivity index (χ4v) is 2.76. The number of carbonyl (C=O) groups is 2. The number of nitrogens with zero attached hydrogens (tertiary/aromatic N) is 1. The molecule has 1 aliphatic heterocycles. The smallest absolute Gasteiger partial charge is 0.336 e. The number of alkyl halides is 3. The van der Waals surface area contributed by atoms with Crippen LogP contribution in [0.2, 0.25) is 0 Å². The van der Waals surface area contributed by atoms with E-state index in [2.05, 4.69) is 5.32 Å². The van der Waals surface area contributed by atoms with E-state index in [0.717, 1.165) is 35.6 Å². The van der Waals surface area contributed by atoms with Crippen LogP contribution in [-0.4, -0.2) is 18.5 Å². The molecular formula is C14H13F3N2O2. The van der Waals surface area contributed by atoms with Gasteiger partial charge in [0.25, 0.3) is 0 Å². The van der Waals surface area contributed by atoms with Gasteiger partial charge in [0.1, 0.15) is 0 Å². The molecule has 0 bridgehead atoms. The average Bonchev–Trinajstić information content (AvgIpc) is 2.37. The Balaban J connectivity index is 1.91. The third-order valence-corrected chi connectivity index (χ3v) is 4.20. The zero-order valence-electron chi connectivity index (χ0n) is 11.0. The first-order valence-corrected chi connectivity index (χ1v) is 6.63. The molecule has 1 N–H and O–H groups in total. The minimum atomic E-state index is -4.44. The Kier molecular flexibility index (Phi) is 2.96. The Morgan fingerprint density at radius 2 is 1.71 bits per heavy atom. The molecular weight excluding hydrogens is 285 g/mol. The highest BCUT2D eigenvalue weighted by atomic mass is 19.4. The number of anilines is 1. The Morgan fingerprint density at radius 1 is 1.10 bits per heavy atom. The van der Waals surface area contributed by atoms with Gasteiger partial charge >= 0.3 is 12.2 Å². The molecule has 2 aliphatic rings. The average molecular weight is 298 g/mol. The number of carbonyl (C=O) groups excluding carboxylic acids is 2. The van der Waals surface area contributed by atoms with Gasteiger partial charge in [-0.2, -0.15) is 13.2 Å². The second kappa shape index (κ2) is 4.47. The lowest BCUT2D eigenvalue weighted by Crippen LogP contribution is -2.63. The third-order valence-electron chi connectivity index (χ3n) is 4.20. The summed E-state index contributed by atoms with van der Waals surface area (Å²) in [6.07, 6.45) is -2.13. The quantitative estimate of drug-likeness (QED) is 0.866. The van der Waals surface area contributed by atoms with Gasteiger partial charge in [-0.3, -0.25) is 4.79 Å². The van der Waals surface area contributed by atoms with Gasteiger partial charge in [-0.25, -0.2) is 9.69 Å². The molecule has 1 aliphatic carbocycles. The van der Waals surface area contributed by atoms with Crippen LogP contribution in [-0.2, 0) is 11.0 Å². The van der Waals surface area contributed by atoms with Crippen LogP contribution in [0.4, 0.5) is 23.7 Å². The van der Waals surface area contributed by atoms with E-state index < -0.39 is 23.2 Å². The number of imide groups is 1. The van der Waals surface area contributed by atoms with E-state index >= 15 is 0 Å². The molecule has 0 radical (unpaired) electrons. The fraction of sp³-hybridized carbons (Fsp3) is 0.429. The van der Waals surface area contributed by atoms with Gasteiger partial charge in [0.15, 0.2) is 0 Å². The van der Waals surface area contributed by atoms with Gasteiger partial charge in [-0.15, -0.1) is 0 Å². The van der Waals surface area contributed by atoms with Crippen LogP contribution in [0.25, 0.3) is 0 Å². The second-order valence-electron chi connectivity index (χ2n) is 5.48. The van der Waals surface area contributed by atoms with Crippen molar-refractivity contribution < 1.29 is 22.8 Å². The molecule has 1 spiro atoms. The molecule has 1 heterocycles. The molecule has 2 fully saturated rings. The van der Waals surface area contributed by atoms with Crippen molar-refractivity contribution in [3.63, 3.8) is 0 Å². The largest absolute Gasteiger partial charge is 0.416 e. The van der Waals surface area contributed by atoms with E-state index in [9.17, 15) is 22.8 Å². The fourth-order valence-electron chi connectivity index (χ4n) is 2.76. The van der Waals surface area contributed by atoms with Crippen LogP contribution in [0.5, 0.6) is 0 Å². The van der Waals surface area contributed by atoms with Crippen LogP contribution in [0.15, 0.2) is 24.3 Å². The normalized spacial score (nSPS) is 21.2. The zero-order valence-corrected chi connectivity index (χ0v) is 11.0. The molecule has 7 heteroatoms. The topological polar surface area (TPSA) is 49.4 Å². The number of hydrogen-bond donors (Lipinski definition) is 1. The van der Waals surface area contributed by atoms with Gasteiger partial charge in [0.05, 0.1) is 16.7 Å². The summed E-state index contributed by atoms with van der Waals surface area (Å²) in [7, 11) is 0. The molecule has 4 nitrogen and oxygen atoms in total. The maximum Gasteiger partial charge on any atom is 0.416 e. The van der Waals surface area contributed by atoms with Gasteiger partial charge < -0.3 is 5.32 Å². The molecule has 1 saturated heterocycles. The van der Waals surface area contributed by atoms with E-state index in [0.29, 0.717) is 19.4 Å². The highest BCUT2D eigenvalue weighted by Crippen LogP contribution is 2.44. The van der Waals surface area contributed by atoms with Crippen molar-refractivity contribution in [2.75, 3.05) is 11.4 Å². The molecule has 0 unspecified atom stereocenters. The van der Waals surface area contributed by atoms with E-state index in [1.54, 1.807) is 0 Å². The predicted octanol–water partition coefficient (Wildman–Crippen LogP) is 2.93. The predicted molar refractivity (Wildman–Crippen MR) is 68.6 cm³/mol. The van der Waals surface area contributed by atoms with E-state index in [4.69, 9.17) is 0 Å². The zero-order chi connectivity index (χ0) is 15.3. The highest BCUT2D eigenvalue weighted by Gasteiger charge is 2.51. The summed E-state index contributed by atoms with van der Waals surface area (Å²) >= 11 is 0. The first-order chi connectivity index (χ1) is 9.83. The number of urea groups is 1. The van der Waals surface area contributed by atoms with Gasteiger partial charge in [-0.05, 0) is 37.1 Å². The highest BCUT2D eigenvalue weighted by molar-refractivity contribution is 6.18. The van der Waals surface area contributed by atoms with E-state index in [-0.39, 0.29) is 11.6 Å². The van der Waals surface area contributed by atoms with Gasteiger partial charge in [-0.1, -0.05) is 6.42 Å². The van der Waals surface area contributed by atoms with E-state index in [1.807, 2.05) is 0 Å². The Morgan fingerprint density at radius 3 is 2.19 bits per heavy atom. The molecule has 112 valence electrons. The molecule has 3 rings (SSSR count). The number of halogens is 3. The summed E-state index contributed by atoms with van der Waals surface area (Å²) in [4.78, 5) is 25.3. The number of benzene rings is 1. The third kappa shape index (κ3) is 2.16. The minimum Gasteiger partial charge on any atom is -0.336 e. The van der Waals surface area contributed by atoms with Crippen molar-refractivity contribution in [2.45, 2.75) is 25.4 Å². The molecule has 1 saturated carbocycles. The van der Waals surface area contributed by atoms with Crippen LogP contribution in [0, 0.1) is 5.41 Å². The number of hydrogen-bond acceptors (Lipinski definition) is 2. The number of nitrogens with one attached hydrogen (secondary N) is 1. The Bertz CT molecular complexity index is 591. The monoisotopic (exact) mass is 298 g/mol. The SMILES string of the molecule is O=C1NCC2(CCC2)C(=O)N1c1ccc(C(F)(F)F)cc1. The minimum absolute atomic E-state index is 0.163. The van der Waals surface area contributed by atoms with E-state index in [1.165, 1.54) is 0 Å². The lowest BCUT2D eigenvalue weighted by Gasteiger charge is -2.46. The first-order valence-electron chi connectivity index (χ1n) is 6.63. The number of rotatable bonds is 1. The van der Waals surface area contributed by atoms with Crippen molar-refractivity contribution in [2.24, 2.45) is 5.41 Å². The molecule has 1 aromatic rings. The van der Waals surface area contributed by atoms with Crippen molar-refractivity contribution in [3.8, 4) is 0 Å². The summed E-state index contributed by atoms with van der Waals surface area (Å²) in [5.41, 5.74) is -1.22. The Hall–Kier alpha value is -2.05. The lowest BCUT2D eigenvalue weighted by atomic mass is 9.67. The van der Waals surface area contributed by atoms with Crippen molar-refractivity contribution in [3.05, 3.63) is 29.8 Å². The van der Waals surface area contributed by atoms with Crippen LogP contribution < -0.4 is 10.2 Å². The molecule has 0 aromatic heterocycles. The maximum atomic E-state index is 12.5. The van der Waals surface area contributed by atoms with Crippen LogP contribution in [0.3, 0.4) is 0 Å². The summed E-state index contributed by atoms with van der Waals surface area (Å²) in [5.74, 6) is -0.322. The van der Waals surface area contributed by atoms with Crippen molar-refractivity contribution >= 4 is 17.6 Å². The standard InChI is InChI=1S/C14H13F3N2O2/c15-14(16,17)9-2-4-10(5-3-9)19-11(20)13(6-1-7-13)8-18-12(19)21/h2-5H,1,6-8H2,(H,18,21). The van der Waals surface area contributed by atoms with Gasteiger partial charge in [0.2, 0.25) is 5.91 Å².